The number of carboxylic acid groups (broad SMARTS) is 1. The summed E-state index contributed by atoms with van der Waals surface area (Å²) in [5.74, 6) is -0.887. The van der Waals surface area contributed by atoms with E-state index in [-0.39, 0.29) is 0 Å². The summed E-state index contributed by atoms with van der Waals surface area (Å²) in [5.41, 5.74) is 2.39. The van der Waals surface area contributed by atoms with E-state index < -0.39 is 5.97 Å². The predicted molar refractivity (Wildman–Crippen MR) is 77.1 cm³/mol. The fraction of sp³-hybridized carbons (Fsp3) is 0.533. The molecule has 0 aliphatic rings. The minimum atomic E-state index is -0.887. The first-order valence-corrected chi connectivity index (χ1v) is 6.60. The Bertz CT molecular complexity index is 431. The molecule has 19 heavy (non-hydrogen) atoms. The summed E-state index contributed by atoms with van der Waals surface area (Å²) in [4.78, 5) is 13.2. The van der Waals surface area contributed by atoms with Crippen molar-refractivity contribution in [1.29, 1.82) is 0 Å². The van der Waals surface area contributed by atoms with E-state index in [1.165, 1.54) is 0 Å². The number of carbonyl (C=O) groups is 1. The van der Waals surface area contributed by atoms with Gasteiger partial charge in [0.25, 0.3) is 0 Å². The van der Waals surface area contributed by atoms with Gasteiger partial charge in [-0.2, -0.15) is 0 Å². The zero-order valence-electron chi connectivity index (χ0n) is 12.1. The fourth-order valence-corrected chi connectivity index (χ4v) is 2.10. The van der Waals surface area contributed by atoms with Crippen molar-refractivity contribution < 1.29 is 14.6 Å². The highest BCUT2D eigenvalue weighted by molar-refractivity contribution is 5.88. The van der Waals surface area contributed by atoms with E-state index in [4.69, 9.17) is 9.84 Å². The largest absolute Gasteiger partial charge is 0.478 e. The van der Waals surface area contributed by atoms with E-state index in [1.807, 2.05) is 13.0 Å². The number of hydrogen-bond acceptors (Lipinski definition) is 3. The maximum Gasteiger partial charge on any atom is 0.335 e. The van der Waals surface area contributed by atoms with E-state index in [0.29, 0.717) is 18.2 Å². The molecular formula is C15H23NO3. The standard InChI is InChI=1S/C15H23NO3/c1-5-12(3)16(8-9-19-4)14-7-6-13(15(17)18)10-11(14)2/h6-7,10,12H,5,8-9H2,1-4H3,(H,17,18). The molecule has 0 amide bonds. The van der Waals surface area contributed by atoms with Gasteiger partial charge in [0.15, 0.2) is 0 Å². The van der Waals surface area contributed by atoms with E-state index in [1.54, 1.807) is 19.2 Å². The summed E-state index contributed by atoms with van der Waals surface area (Å²) in [7, 11) is 1.69. The third-order valence-corrected chi connectivity index (χ3v) is 3.41. The monoisotopic (exact) mass is 265 g/mol. The quantitative estimate of drug-likeness (QED) is 0.823. The van der Waals surface area contributed by atoms with Crippen LogP contribution in [0.4, 0.5) is 5.69 Å². The Kier molecular flexibility index (Phi) is 5.83. The van der Waals surface area contributed by atoms with Gasteiger partial charge in [-0.05, 0) is 44.0 Å². The molecule has 0 radical (unpaired) electrons. The summed E-state index contributed by atoms with van der Waals surface area (Å²) < 4.78 is 5.15. The third kappa shape index (κ3) is 3.96. The van der Waals surface area contributed by atoms with Crippen molar-refractivity contribution in [3.63, 3.8) is 0 Å². The number of nitrogens with zero attached hydrogens (tertiary/aromatic N) is 1. The molecule has 1 unspecified atom stereocenters. The zero-order chi connectivity index (χ0) is 14.4. The average Bonchev–Trinajstić information content (AvgIpc) is 2.39. The van der Waals surface area contributed by atoms with Crippen LogP contribution in [0, 0.1) is 6.92 Å². The van der Waals surface area contributed by atoms with Crippen molar-refractivity contribution in [1.82, 2.24) is 0 Å². The predicted octanol–water partition coefficient (Wildman–Crippen LogP) is 2.94. The summed E-state index contributed by atoms with van der Waals surface area (Å²) in [6, 6.07) is 5.66. The topological polar surface area (TPSA) is 49.8 Å². The Morgan fingerprint density at radius 2 is 2.16 bits per heavy atom. The molecule has 0 heterocycles. The molecule has 0 aliphatic carbocycles. The van der Waals surface area contributed by atoms with Crippen LogP contribution in [0.25, 0.3) is 0 Å². The van der Waals surface area contributed by atoms with Crippen LogP contribution in [0.1, 0.15) is 36.2 Å². The van der Waals surface area contributed by atoms with Gasteiger partial charge in [0.1, 0.15) is 0 Å². The molecule has 4 nitrogen and oxygen atoms in total. The Labute approximate surface area is 115 Å². The summed E-state index contributed by atoms with van der Waals surface area (Å²) >= 11 is 0. The van der Waals surface area contributed by atoms with Crippen molar-refractivity contribution in [2.45, 2.75) is 33.2 Å². The lowest BCUT2D eigenvalue weighted by molar-refractivity contribution is 0.0697. The number of benzene rings is 1. The number of rotatable bonds is 7. The molecule has 0 fully saturated rings. The summed E-state index contributed by atoms with van der Waals surface area (Å²) in [6.45, 7) is 7.72. The average molecular weight is 265 g/mol. The molecule has 1 rings (SSSR count). The van der Waals surface area contributed by atoms with Gasteiger partial charge >= 0.3 is 5.97 Å². The lowest BCUT2D eigenvalue weighted by Crippen LogP contribution is -2.36. The Morgan fingerprint density at radius 3 is 2.63 bits per heavy atom. The number of aryl methyl sites for hydroxylation is 1. The SMILES string of the molecule is CCC(C)N(CCOC)c1ccc(C(=O)O)cc1C. The van der Waals surface area contributed by atoms with Crippen LogP contribution in [0.5, 0.6) is 0 Å². The van der Waals surface area contributed by atoms with Crippen molar-refractivity contribution >= 4 is 11.7 Å². The Hall–Kier alpha value is -1.55. The molecule has 1 atom stereocenters. The van der Waals surface area contributed by atoms with Crippen LogP contribution < -0.4 is 4.90 Å². The number of methoxy groups -OCH3 is 1. The first kappa shape index (κ1) is 15.5. The molecule has 0 bridgehead atoms. The van der Waals surface area contributed by atoms with Gasteiger partial charge in [-0.3, -0.25) is 0 Å². The molecule has 1 N–H and O–H groups in total. The minimum Gasteiger partial charge on any atom is -0.478 e. The molecule has 0 saturated carbocycles. The maximum atomic E-state index is 11.0. The molecule has 106 valence electrons. The smallest absolute Gasteiger partial charge is 0.335 e. The zero-order valence-corrected chi connectivity index (χ0v) is 12.1. The summed E-state index contributed by atoms with van der Waals surface area (Å²) in [6.07, 6.45) is 1.03. The molecular weight excluding hydrogens is 242 g/mol. The lowest BCUT2D eigenvalue weighted by atomic mass is 10.1. The molecule has 0 aromatic heterocycles. The minimum absolute atomic E-state index is 0.331. The number of carboxylic acids is 1. The van der Waals surface area contributed by atoms with Crippen molar-refractivity contribution in [2.24, 2.45) is 0 Å². The van der Waals surface area contributed by atoms with Crippen molar-refractivity contribution in [3.8, 4) is 0 Å². The highest BCUT2D eigenvalue weighted by Crippen LogP contribution is 2.24. The molecule has 1 aromatic rings. The maximum absolute atomic E-state index is 11.0. The molecule has 4 heteroatoms. The van der Waals surface area contributed by atoms with Crippen LogP contribution in [0.15, 0.2) is 18.2 Å². The first-order valence-electron chi connectivity index (χ1n) is 6.60. The second-order valence-corrected chi connectivity index (χ2v) is 4.75. The Balaban J connectivity index is 3.04. The van der Waals surface area contributed by atoms with Crippen LogP contribution in [0.3, 0.4) is 0 Å². The van der Waals surface area contributed by atoms with E-state index in [9.17, 15) is 4.79 Å². The molecule has 0 saturated heterocycles. The van der Waals surface area contributed by atoms with E-state index >= 15 is 0 Å². The van der Waals surface area contributed by atoms with Crippen molar-refractivity contribution in [2.75, 3.05) is 25.2 Å². The highest BCUT2D eigenvalue weighted by atomic mass is 16.5. The second kappa shape index (κ2) is 7.14. The van der Waals surface area contributed by atoms with E-state index in [0.717, 1.165) is 24.2 Å². The number of hydrogen-bond donors (Lipinski definition) is 1. The molecule has 0 spiro atoms. The molecule has 0 aliphatic heterocycles. The van der Waals surface area contributed by atoms with Gasteiger partial charge in [0, 0.05) is 25.4 Å². The van der Waals surface area contributed by atoms with Crippen LogP contribution in [0.2, 0.25) is 0 Å². The molecule has 1 aromatic carbocycles. The number of aromatic carboxylic acids is 1. The summed E-state index contributed by atoms with van der Waals surface area (Å²) in [5, 5.41) is 9.00. The van der Waals surface area contributed by atoms with Gasteiger partial charge < -0.3 is 14.7 Å². The van der Waals surface area contributed by atoms with Gasteiger partial charge in [-0.15, -0.1) is 0 Å². The van der Waals surface area contributed by atoms with Crippen LogP contribution in [-0.4, -0.2) is 37.4 Å². The van der Waals surface area contributed by atoms with Gasteiger partial charge in [0.05, 0.1) is 12.2 Å². The first-order chi connectivity index (χ1) is 9.01. The number of ether oxygens (including phenoxy) is 1. The third-order valence-electron chi connectivity index (χ3n) is 3.41. The normalized spacial score (nSPS) is 12.2. The van der Waals surface area contributed by atoms with Gasteiger partial charge in [-0.25, -0.2) is 4.79 Å². The lowest BCUT2D eigenvalue weighted by Gasteiger charge is -2.32. The van der Waals surface area contributed by atoms with Crippen LogP contribution >= 0.6 is 0 Å². The number of anilines is 1. The van der Waals surface area contributed by atoms with Gasteiger partial charge in [-0.1, -0.05) is 6.92 Å². The van der Waals surface area contributed by atoms with Crippen molar-refractivity contribution in [3.05, 3.63) is 29.3 Å². The highest BCUT2D eigenvalue weighted by Gasteiger charge is 2.16. The second-order valence-electron chi connectivity index (χ2n) is 4.75. The van der Waals surface area contributed by atoms with Crippen LogP contribution in [-0.2, 0) is 4.74 Å². The van der Waals surface area contributed by atoms with E-state index in [2.05, 4.69) is 18.7 Å². The Morgan fingerprint density at radius 1 is 1.47 bits per heavy atom. The van der Waals surface area contributed by atoms with Gasteiger partial charge in [0.2, 0.25) is 0 Å². The fourth-order valence-electron chi connectivity index (χ4n) is 2.10.